The fourth-order valence-corrected chi connectivity index (χ4v) is 8.51. The summed E-state index contributed by atoms with van der Waals surface area (Å²) in [5, 5.41) is 0.934. The molecule has 0 radical (unpaired) electrons. The maximum Gasteiger partial charge on any atom is 0.249 e. The maximum atomic E-state index is 13.0. The van der Waals surface area contributed by atoms with Gasteiger partial charge in [-0.25, -0.2) is 0 Å². The van der Waals surface area contributed by atoms with E-state index in [0.717, 1.165) is 61.9 Å². The largest absolute Gasteiger partial charge is 0.464 e. The predicted molar refractivity (Wildman–Crippen MR) is 106 cm³/mol. The van der Waals surface area contributed by atoms with Gasteiger partial charge in [0, 0.05) is 28.0 Å². The molecule has 134 valence electrons. The molecular weight excluding hydrogens is 362 g/mol. The highest BCUT2D eigenvalue weighted by Gasteiger charge is 3.37. The molecule has 6 atom stereocenters. The van der Waals surface area contributed by atoms with Crippen LogP contribution in [-0.4, -0.2) is 20.0 Å². The number of carbonyl (C=O) groups excluding carboxylic acids is 1. The lowest BCUT2D eigenvalue weighted by Crippen LogP contribution is -2.02. The third-order valence-electron chi connectivity index (χ3n) is 8.76. The first-order valence-corrected chi connectivity index (χ1v) is 11.0. The molecule has 0 aliphatic heterocycles. The second-order valence-electron chi connectivity index (χ2n) is 9.27. The quantitative estimate of drug-likeness (QED) is 0.553. The lowest BCUT2D eigenvalue weighted by molar-refractivity contribution is 0.104. The average Bonchev–Trinajstić information content (AvgIpc) is 3.58. The van der Waals surface area contributed by atoms with Gasteiger partial charge in [0.25, 0.3) is 0 Å². The van der Waals surface area contributed by atoms with Gasteiger partial charge in [0.05, 0.1) is 11.1 Å². The van der Waals surface area contributed by atoms with Crippen LogP contribution in [0.2, 0.25) is 0 Å². The lowest BCUT2D eigenvalue weighted by atomic mass is 10.0. The lowest BCUT2D eigenvalue weighted by Gasteiger charge is -2.03. The van der Waals surface area contributed by atoms with E-state index in [0.29, 0.717) is 5.56 Å². The van der Waals surface area contributed by atoms with Crippen molar-refractivity contribution in [2.24, 2.45) is 34.0 Å². The van der Waals surface area contributed by atoms with Crippen molar-refractivity contribution in [2.45, 2.75) is 13.3 Å². The topological polar surface area (TPSA) is 42.1 Å². The summed E-state index contributed by atoms with van der Waals surface area (Å²) in [6, 6.07) is 15.4. The number of ketones is 1. The minimum absolute atomic E-state index is 0.0516. The van der Waals surface area contributed by atoms with Crippen molar-refractivity contribution >= 4 is 25.9 Å². The summed E-state index contributed by atoms with van der Waals surface area (Å²) in [6.45, 7) is 1.96. The van der Waals surface area contributed by atoms with Gasteiger partial charge in [-0.3, -0.25) is 4.79 Å². The Kier molecular flexibility index (Phi) is 2.03. The SMILES string of the molecule is Cc1[nH]c2c(O[Si]#CC3C4C35C36CC3C465)cccc2c1C(=O)c1ccccc1. The summed E-state index contributed by atoms with van der Waals surface area (Å²) in [4.78, 5) is 16.4. The van der Waals surface area contributed by atoms with Gasteiger partial charge in [0.15, 0.2) is 5.78 Å². The molecule has 5 aliphatic rings. The van der Waals surface area contributed by atoms with Crippen molar-refractivity contribution in [3.8, 4) is 11.2 Å². The summed E-state index contributed by atoms with van der Waals surface area (Å²) >= 11 is 0. The molecule has 6 unspecified atom stereocenters. The number of benzene rings is 2. The van der Waals surface area contributed by atoms with E-state index < -0.39 is 0 Å². The number of aromatic amines is 1. The molecule has 28 heavy (non-hydrogen) atoms. The Morgan fingerprint density at radius 1 is 1.18 bits per heavy atom. The number of para-hydroxylation sites is 1. The van der Waals surface area contributed by atoms with Crippen molar-refractivity contribution < 1.29 is 9.22 Å². The fraction of sp³-hybridized carbons (Fsp3) is 0.333. The van der Waals surface area contributed by atoms with Gasteiger partial charge in [-0.15, -0.1) is 0 Å². The number of aryl methyl sites for hydroxylation is 1. The van der Waals surface area contributed by atoms with Crippen LogP contribution >= 0.6 is 0 Å². The molecule has 3 aromatic rings. The van der Waals surface area contributed by atoms with Crippen LogP contribution < -0.4 is 4.43 Å². The number of H-pyrrole nitrogens is 1. The van der Waals surface area contributed by atoms with Crippen LogP contribution in [0.5, 0.6) is 5.75 Å². The number of hydrogen-bond acceptors (Lipinski definition) is 2. The van der Waals surface area contributed by atoms with Crippen LogP contribution in [-0.2, 0) is 0 Å². The third-order valence-corrected chi connectivity index (χ3v) is 9.51. The molecule has 1 aromatic heterocycles. The van der Waals surface area contributed by atoms with Crippen LogP contribution in [0, 0.1) is 46.4 Å². The molecule has 0 amide bonds. The Morgan fingerprint density at radius 3 is 2.75 bits per heavy atom. The zero-order valence-corrected chi connectivity index (χ0v) is 16.4. The summed E-state index contributed by atoms with van der Waals surface area (Å²) < 4.78 is 6.12. The van der Waals surface area contributed by atoms with E-state index in [1.54, 1.807) is 0 Å². The van der Waals surface area contributed by atoms with Gasteiger partial charge in [-0.1, -0.05) is 48.0 Å². The van der Waals surface area contributed by atoms with Crippen LogP contribution in [0.15, 0.2) is 48.5 Å². The monoisotopic (exact) mass is 379 g/mol. The Morgan fingerprint density at radius 2 is 2.04 bits per heavy atom. The molecule has 3 nitrogen and oxygen atoms in total. The van der Waals surface area contributed by atoms with Crippen molar-refractivity contribution in [1.82, 2.24) is 4.98 Å². The second kappa shape index (κ2) is 3.93. The van der Waals surface area contributed by atoms with E-state index in [2.05, 4.69) is 10.5 Å². The van der Waals surface area contributed by atoms with E-state index in [-0.39, 0.29) is 15.0 Å². The molecular formula is C24H17NO2Si. The van der Waals surface area contributed by atoms with E-state index in [9.17, 15) is 4.79 Å². The average molecular weight is 379 g/mol. The molecule has 5 aliphatic carbocycles. The van der Waals surface area contributed by atoms with Gasteiger partial charge in [0.1, 0.15) is 5.75 Å². The van der Waals surface area contributed by atoms with Crippen molar-refractivity contribution in [1.29, 1.82) is 0 Å². The number of fused-ring (bicyclic) bond motifs is 1. The first-order valence-electron chi connectivity index (χ1n) is 10.1. The number of nitrogens with one attached hydrogen (secondary N) is 1. The Labute approximate surface area is 164 Å². The molecule has 5 saturated carbocycles. The van der Waals surface area contributed by atoms with Gasteiger partial charge >= 0.3 is 0 Å². The second-order valence-corrected chi connectivity index (χ2v) is 9.97. The van der Waals surface area contributed by atoms with Crippen molar-refractivity contribution in [3.63, 3.8) is 0 Å². The summed E-state index contributed by atoms with van der Waals surface area (Å²) in [5.74, 6) is 3.74. The number of carbonyl (C=O) groups is 1. The molecule has 0 bridgehead atoms. The van der Waals surface area contributed by atoms with Crippen LogP contribution in [0.4, 0.5) is 0 Å². The van der Waals surface area contributed by atoms with E-state index in [4.69, 9.17) is 4.43 Å². The highest BCUT2D eigenvalue weighted by Crippen LogP contribution is 3.38. The molecule has 8 rings (SSSR count). The summed E-state index contributed by atoms with van der Waals surface area (Å²) in [5.41, 5.74) is 9.40. The standard InChI is InChI=1S/C24H17NO2Si/c1-12-18(20(26)13-6-3-2-4-7-13)14-8-5-9-16(19(14)25-12)27-28-11-15-21-23(15)22-10-17(22)24(21,22)23/h2-9,15,17,21,25H,10H2,1H3. The van der Waals surface area contributed by atoms with Crippen LogP contribution in [0.25, 0.3) is 10.9 Å². The Balaban J connectivity index is 1.12. The molecule has 2 aromatic carbocycles. The van der Waals surface area contributed by atoms with Crippen molar-refractivity contribution in [2.75, 3.05) is 0 Å². The van der Waals surface area contributed by atoms with Gasteiger partial charge in [0.2, 0.25) is 9.20 Å². The third kappa shape index (κ3) is 1.15. The normalized spacial score (nSPS) is 40.8. The van der Waals surface area contributed by atoms with E-state index >= 15 is 0 Å². The molecule has 1 heterocycles. The zero-order valence-electron chi connectivity index (χ0n) is 15.4. The minimum Gasteiger partial charge on any atom is -0.464 e. The zero-order chi connectivity index (χ0) is 18.5. The molecule has 0 saturated heterocycles. The van der Waals surface area contributed by atoms with E-state index in [1.807, 2.05) is 55.5 Å². The summed E-state index contributed by atoms with van der Waals surface area (Å²) in [6.07, 6.45) is 1.52. The highest BCUT2D eigenvalue weighted by atomic mass is 28.2. The Bertz CT molecular complexity index is 1340. The van der Waals surface area contributed by atoms with Crippen LogP contribution in [0.1, 0.15) is 28.0 Å². The van der Waals surface area contributed by atoms with Gasteiger partial charge in [-0.2, -0.15) is 0 Å². The number of hydrogen-bond donors (Lipinski definition) is 1. The summed E-state index contributed by atoms with van der Waals surface area (Å²) in [7, 11) is 0.270. The van der Waals surface area contributed by atoms with Gasteiger partial charge in [-0.05, 0) is 42.1 Å². The number of rotatable bonds is 3. The molecule has 1 N–H and O–H groups in total. The smallest absolute Gasteiger partial charge is 0.249 e. The maximum absolute atomic E-state index is 13.0. The van der Waals surface area contributed by atoms with Gasteiger partial charge < -0.3 is 9.41 Å². The molecule has 3 spiro atoms. The highest BCUT2D eigenvalue weighted by molar-refractivity contribution is 6.20. The minimum atomic E-state index is 0.0516. The van der Waals surface area contributed by atoms with E-state index in [1.165, 1.54) is 6.42 Å². The number of aromatic nitrogens is 1. The molecule has 4 heteroatoms. The molecule has 5 fully saturated rings. The predicted octanol–water partition coefficient (Wildman–Crippen LogP) is 3.93. The van der Waals surface area contributed by atoms with Crippen LogP contribution in [0.3, 0.4) is 0 Å². The van der Waals surface area contributed by atoms with Crippen molar-refractivity contribution in [3.05, 3.63) is 65.4 Å². The Hall–Kier alpha value is -2.55. The fourth-order valence-electron chi connectivity index (χ4n) is 7.65. The first-order chi connectivity index (χ1) is 13.7. The first kappa shape index (κ1) is 14.4.